The Bertz CT molecular complexity index is 807. The Morgan fingerprint density at radius 3 is 2.56 bits per heavy atom. The second kappa shape index (κ2) is 7.99. The Balaban J connectivity index is 1.79. The highest BCUT2D eigenvalue weighted by Crippen LogP contribution is 2.25. The van der Waals surface area contributed by atoms with Crippen LogP contribution in [-0.4, -0.2) is 43.0 Å². The van der Waals surface area contributed by atoms with E-state index in [9.17, 15) is 9.59 Å². The monoisotopic (exact) mass is 422 g/mol. The lowest BCUT2D eigenvalue weighted by molar-refractivity contribution is 0.0303. The summed E-state index contributed by atoms with van der Waals surface area (Å²) in [6, 6.07) is 11.9. The van der Waals surface area contributed by atoms with Crippen molar-refractivity contribution >= 4 is 45.0 Å². The van der Waals surface area contributed by atoms with E-state index in [0.717, 1.165) is 4.47 Å². The summed E-state index contributed by atoms with van der Waals surface area (Å²) in [5.74, 6) is -0.392. The molecule has 3 rings (SSSR count). The highest BCUT2D eigenvalue weighted by molar-refractivity contribution is 9.10. The molecule has 5 nitrogen and oxygen atoms in total. The SMILES string of the molecule is O=C(Nc1cc(C(=O)N2CCOCC2)ccc1Cl)c1cccc(Br)c1. The summed E-state index contributed by atoms with van der Waals surface area (Å²) in [5, 5.41) is 3.14. The molecule has 25 heavy (non-hydrogen) atoms. The van der Waals surface area contributed by atoms with Gasteiger partial charge in [0.05, 0.1) is 23.9 Å². The molecule has 1 heterocycles. The summed E-state index contributed by atoms with van der Waals surface area (Å²) in [4.78, 5) is 26.7. The lowest BCUT2D eigenvalue weighted by Gasteiger charge is -2.27. The largest absolute Gasteiger partial charge is 0.378 e. The first kappa shape index (κ1) is 17.9. The number of halogens is 2. The molecule has 1 N–H and O–H groups in total. The van der Waals surface area contributed by atoms with Crippen LogP contribution in [0.3, 0.4) is 0 Å². The molecule has 1 aliphatic heterocycles. The van der Waals surface area contributed by atoms with Gasteiger partial charge in [-0.15, -0.1) is 0 Å². The van der Waals surface area contributed by atoms with E-state index in [4.69, 9.17) is 16.3 Å². The van der Waals surface area contributed by atoms with Crippen LogP contribution < -0.4 is 5.32 Å². The summed E-state index contributed by atoms with van der Waals surface area (Å²) in [7, 11) is 0. The van der Waals surface area contributed by atoms with Crippen LogP contribution in [0.2, 0.25) is 5.02 Å². The molecule has 2 aromatic carbocycles. The first-order valence-electron chi connectivity index (χ1n) is 7.78. The van der Waals surface area contributed by atoms with E-state index < -0.39 is 0 Å². The number of nitrogens with zero attached hydrogens (tertiary/aromatic N) is 1. The van der Waals surface area contributed by atoms with Gasteiger partial charge in [0, 0.05) is 28.7 Å². The van der Waals surface area contributed by atoms with Crippen molar-refractivity contribution < 1.29 is 14.3 Å². The van der Waals surface area contributed by atoms with Crippen molar-refractivity contribution in [1.82, 2.24) is 4.90 Å². The van der Waals surface area contributed by atoms with Crippen molar-refractivity contribution in [3.05, 3.63) is 63.1 Å². The molecular formula is C18H16BrClN2O3. The van der Waals surface area contributed by atoms with Gasteiger partial charge in [0.2, 0.25) is 0 Å². The molecule has 7 heteroatoms. The second-order valence-corrected chi connectivity index (χ2v) is 6.89. The number of amides is 2. The lowest BCUT2D eigenvalue weighted by atomic mass is 10.1. The maximum atomic E-state index is 12.6. The average molecular weight is 424 g/mol. The molecule has 1 fully saturated rings. The summed E-state index contributed by atoms with van der Waals surface area (Å²) < 4.78 is 6.07. The first-order chi connectivity index (χ1) is 12.0. The van der Waals surface area contributed by atoms with E-state index in [-0.39, 0.29) is 11.8 Å². The van der Waals surface area contributed by atoms with Crippen LogP contribution >= 0.6 is 27.5 Å². The zero-order valence-corrected chi connectivity index (χ0v) is 15.6. The fourth-order valence-electron chi connectivity index (χ4n) is 2.53. The van der Waals surface area contributed by atoms with Crippen LogP contribution in [0.1, 0.15) is 20.7 Å². The number of hydrogen-bond acceptors (Lipinski definition) is 3. The highest BCUT2D eigenvalue weighted by atomic mass is 79.9. The van der Waals surface area contributed by atoms with Crippen LogP contribution in [0.15, 0.2) is 46.9 Å². The van der Waals surface area contributed by atoms with Crippen LogP contribution in [-0.2, 0) is 4.74 Å². The molecule has 1 aliphatic rings. The van der Waals surface area contributed by atoms with Gasteiger partial charge in [-0.25, -0.2) is 0 Å². The molecule has 0 aromatic heterocycles. The van der Waals surface area contributed by atoms with Gasteiger partial charge in [-0.1, -0.05) is 33.6 Å². The summed E-state index contributed by atoms with van der Waals surface area (Å²) in [6.07, 6.45) is 0. The molecule has 2 amide bonds. The number of carbonyl (C=O) groups excluding carboxylic acids is 2. The molecule has 0 spiro atoms. The number of carbonyl (C=O) groups is 2. The van der Waals surface area contributed by atoms with E-state index in [0.29, 0.717) is 48.1 Å². The zero-order chi connectivity index (χ0) is 17.8. The Kier molecular flexibility index (Phi) is 5.73. The number of morpholine rings is 1. The third kappa shape index (κ3) is 4.39. The van der Waals surface area contributed by atoms with Gasteiger partial charge >= 0.3 is 0 Å². The van der Waals surface area contributed by atoms with Gasteiger partial charge in [-0.05, 0) is 36.4 Å². The topological polar surface area (TPSA) is 58.6 Å². The summed E-state index contributed by atoms with van der Waals surface area (Å²) in [6.45, 7) is 2.18. The van der Waals surface area contributed by atoms with E-state index >= 15 is 0 Å². The maximum Gasteiger partial charge on any atom is 0.255 e. The van der Waals surface area contributed by atoms with Crippen LogP contribution in [0.4, 0.5) is 5.69 Å². The van der Waals surface area contributed by atoms with E-state index in [1.165, 1.54) is 0 Å². The van der Waals surface area contributed by atoms with Crippen molar-refractivity contribution in [1.29, 1.82) is 0 Å². The van der Waals surface area contributed by atoms with E-state index in [1.54, 1.807) is 41.3 Å². The van der Waals surface area contributed by atoms with Gasteiger partial charge in [0.15, 0.2) is 0 Å². The van der Waals surface area contributed by atoms with Crippen LogP contribution in [0.5, 0.6) is 0 Å². The van der Waals surface area contributed by atoms with Crippen molar-refractivity contribution in [2.75, 3.05) is 31.6 Å². The fourth-order valence-corrected chi connectivity index (χ4v) is 3.09. The maximum absolute atomic E-state index is 12.6. The predicted molar refractivity (Wildman–Crippen MR) is 100 cm³/mol. The lowest BCUT2D eigenvalue weighted by Crippen LogP contribution is -2.40. The molecule has 0 bridgehead atoms. The van der Waals surface area contributed by atoms with E-state index in [2.05, 4.69) is 21.2 Å². The normalized spacial score (nSPS) is 14.2. The van der Waals surface area contributed by atoms with Crippen molar-refractivity contribution in [2.45, 2.75) is 0 Å². The molecule has 130 valence electrons. The Morgan fingerprint density at radius 2 is 1.84 bits per heavy atom. The first-order valence-corrected chi connectivity index (χ1v) is 8.95. The van der Waals surface area contributed by atoms with Gasteiger partial charge in [-0.2, -0.15) is 0 Å². The van der Waals surface area contributed by atoms with Crippen LogP contribution in [0, 0.1) is 0 Å². The van der Waals surface area contributed by atoms with Crippen molar-refractivity contribution in [3.8, 4) is 0 Å². The Hall–Kier alpha value is -1.89. The predicted octanol–water partition coefficient (Wildman–Crippen LogP) is 3.83. The number of anilines is 1. The van der Waals surface area contributed by atoms with E-state index in [1.807, 2.05) is 6.07 Å². The molecule has 2 aromatic rings. The minimum Gasteiger partial charge on any atom is -0.378 e. The zero-order valence-electron chi connectivity index (χ0n) is 13.3. The third-order valence-corrected chi connectivity index (χ3v) is 4.67. The average Bonchev–Trinajstić information content (AvgIpc) is 2.63. The molecule has 1 saturated heterocycles. The Morgan fingerprint density at radius 1 is 1.08 bits per heavy atom. The van der Waals surface area contributed by atoms with Crippen LogP contribution in [0.25, 0.3) is 0 Å². The molecule has 0 radical (unpaired) electrons. The van der Waals surface area contributed by atoms with Gasteiger partial charge in [0.25, 0.3) is 11.8 Å². The standard InChI is InChI=1S/C18H16BrClN2O3/c19-14-3-1-2-12(10-14)17(23)21-16-11-13(4-5-15(16)20)18(24)22-6-8-25-9-7-22/h1-5,10-11H,6-9H2,(H,21,23). The molecule has 0 saturated carbocycles. The number of nitrogens with one attached hydrogen (secondary N) is 1. The molecular weight excluding hydrogens is 408 g/mol. The van der Waals surface area contributed by atoms with Crippen molar-refractivity contribution in [2.24, 2.45) is 0 Å². The molecule has 0 atom stereocenters. The third-order valence-electron chi connectivity index (χ3n) is 3.85. The quantitative estimate of drug-likeness (QED) is 0.816. The van der Waals surface area contributed by atoms with Gasteiger partial charge in [0.1, 0.15) is 0 Å². The summed E-state index contributed by atoms with van der Waals surface area (Å²) >= 11 is 9.52. The number of ether oxygens (including phenoxy) is 1. The molecule has 0 aliphatic carbocycles. The number of benzene rings is 2. The fraction of sp³-hybridized carbons (Fsp3) is 0.222. The number of rotatable bonds is 3. The highest BCUT2D eigenvalue weighted by Gasteiger charge is 2.20. The van der Waals surface area contributed by atoms with Gasteiger partial charge < -0.3 is 15.0 Å². The Labute approximate surface area is 159 Å². The van der Waals surface area contributed by atoms with Gasteiger partial charge in [-0.3, -0.25) is 9.59 Å². The molecule has 0 unspecified atom stereocenters. The van der Waals surface area contributed by atoms with Crippen molar-refractivity contribution in [3.63, 3.8) is 0 Å². The minimum atomic E-state index is -0.292. The summed E-state index contributed by atoms with van der Waals surface area (Å²) in [5.41, 5.74) is 1.39. The smallest absolute Gasteiger partial charge is 0.255 e. The minimum absolute atomic E-state index is 0.0991. The number of hydrogen-bond donors (Lipinski definition) is 1. The second-order valence-electron chi connectivity index (χ2n) is 5.56.